The standard InChI is InChI=1S/C20H17N5O2S/c1-2-23-20-25(24-11-14-5-3-13(10-21)4-6-14)17(12-28-20)15-7-8-18(26)16(9-15)19(22)27/h3-9,11-12,26H,2H2,1H3,(H2,22,27)/b23-20?,24-11+. The maximum atomic E-state index is 11.5. The molecule has 0 aliphatic rings. The van der Waals surface area contributed by atoms with Crippen LogP contribution in [-0.2, 0) is 0 Å². The number of aromatic nitrogens is 1. The zero-order valence-electron chi connectivity index (χ0n) is 15.0. The predicted molar refractivity (Wildman–Crippen MR) is 108 cm³/mol. The van der Waals surface area contributed by atoms with Crippen LogP contribution in [0.4, 0.5) is 0 Å². The maximum Gasteiger partial charge on any atom is 0.252 e. The van der Waals surface area contributed by atoms with Gasteiger partial charge in [0, 0.05) is 17.5 Å². The molecule has 0 bridgehead atoms. The van der Waals surface area contributed by atoms with Gasteiger partial charge in [0.1, 0.15) is 5.75 Å². The summed E-state index contributed by atoms with van der Waals surface area (Å²) < 4.78 is 1.67. The van der Waals surface area contributed by atoms with Gasteiger partial charge in [-0.3, -0.25) is 9.79 Å². The molecule has 2 aromatic carbocycles. The van der Waals surface area contributed by atoms with E-state index in [1.165, 1.54) is 23.5 Å². The second-order valence-corrected chi connectivity index (χ2v) is 6.60. The molecule has 28 heavy (non-hydrogen) atoms. The van der Waals surface area contributed by atoms with Crippen molar-refractivity contribution < 1.29 is 9.90 Å². The summed E-state index contributed by atoms with van der Waals surface area (Å²) in [6.45, 7) is 2.52. The third-order valence-electron chi connectivity index (χ3n) is 3.90. The first-order valence-corrected chi connectivity index (χ1v) is 9.30. The Labute approximate surface area is 165 Å². The first-order chi connectivity index (χ1) is 13.5. The third-order valence-corrected chi connectivity index (χ3v) is 4.75. The highest BCUT2D eigenvalue weighted by Gasteiger charge is 2.13. The second kappa shape index (κ2) is 8.33. The number of aromatic hydroxyl groups is 1. The van der Waals surface area contributed by atoms with E-state index < -0.39 is 5.91 Å². The van der Waals surface area contributed by atoms with Gasteiger partial charge in [0.2, 0.25) is 4.80 Å². The predicted octanol–water partition coefficient (Wildman–Crippen LogP) is 2.70. The van der Waals surface area contributed by atoms with Gasteiger partial charge in [-0.1, -0.05) is 12.1 Å². The molecule has 0 fully saturated rings. The number of amides is 1. The highest BCUT2D eigenvalue weighted by atomic mass is 32.1. The van der Waals surface area contributed by atoms with Gasteiger partial charge in [-0.2, -0.15) is 10.4 Å². The van der Waals surface area contributed by atoms with E-state index in [2.05, 4.69) is 16.2 Å². The lowest BCUT2D eigenvalue weighted by atomic mass is 10.1. The zero-order chi connectivity index (χ0) is 20.1. The molecular weight excluding hydrogens is 374 g/mol. The fourth-order valence-corrected chi connectivity index (χ4v) is 3.42. The molecule has 3 rings (SSSR count). The van der Waals surface area contributed by atoms with Crippen LogP contribution in [-0.4, -0.2) is 28.4 Å². The Kier molecular flexibility index (Phi) is 5.67. The fraction of sp³-hybridized carbons (Fsp3) is 0.100. The number of hydrogen-bond acceptors (Lipinski definition) is 6. The van der Waals surface area contributed by atoms with Gasteiger partial charge in [0.15, 0.2) is 0 Å². The molecule has 8 heteroatoms. The Bertz CT molecular complexity index is 1150. The van der Waals surface area contributed by atoms with E-state index in [9.17, 15) is 9.90 Å². The first kappa shape index (κ1) is 19.1. The number of phenols is 1. The molecule has 3 N–H and O–H groups in total. The van der Waals surface area contributed by atoms with Crippen molar-refractivity contribution in [3.63, 3.8) is 0 Å². The van der Waals surface area contributed by atoms with E-state index in [4.69, 9.17) is 11.0 Å². The van der Waals surface area contributed by atoms with Crippen molar-refractivity contribution in [1.82, 2.24) is 4.68 Å². The molecule has 1 amide bonds. The Hall–Kier alpha value is -3.70. The first-order valence-electron chi connectivity index (χ1n) is 8.42. The summed E-state index contributed by atoms with van der Waals surface area (Å²) in [5, 5.41) is 25.1. The van der Waals surface area contributed by atoms with E-state index in [1.807, 2.05) is 12.3 Å². The van der Waals surface area contributed by atoms with Crippen LogP contribution in [0, 0.1) is 11.3 Å². The Morgan fingerprint density at radius 3 is 2.71 bits per heavy atom. The lowest BCUT2D eigenvalue weighted by Crippen LogP contribution is -2.13. The number of rotatable bonds is 5. The maximum absolute atomic E-state index is 11.5. The molecular formula is C20H17N5O2S. The number of primary amides is 1. The van der Waals surface area contributed by atoms with Crippen LogP contribution in [0.2, 0.25) is 0 Å². The van der Waals surface area contributed by atoms with Crippen LogP contribution in [0.3, 0.4) is 0 Å². The molecule has 1 heterocycles. The Balaban J connectivity index is 2.08. The Morgan fingerprint density at radius 1 is 1.32 bits per heavy atom. The minimum atomic E-state index is -0.708. The monoisotopic (exact) mass is 391 g/mol. The number of hydrogen-bond donors (Lipinski definition) is 2. The van der Waals surface area contributed by atoms with E-state index in [0.29, 0.717) is 28.2 Å². The van der Waals surface area contributed by atoms with Crippen LogP contribution < -0.4 is 10.5 Å². The van der Waals surface area contributed by atoms with Crippen LogP contribution in [0.5, 0.6) is 5.75 Å². The van der Waals surface area contributed by atoms with Crippen LogP contribution in [0.25, 0.3) is 11.3 Å². The minimum Gasteiger partial charge on any atom is -0.507 e. The SMILES string of the molecule is CCN=c1scc(-c2ccc(O)c(C(N)=O)c2)n1/N=C/c1ccc(C#N)cc1. The summed E-state index contributed by atoms with van der Waals surface area (Å²) in [5.41, 5.74) is 8.17. The van der Waals surface area contributed by atoms with E-state index in [-0.39, 0.29) is 11.3 Å². The number of nitrogens with zero attached hydrogens (tertiary/aromatic N) is 4. The molecule has 0 aliphatic carbocycles. The van der Waals surface area contributed by atoms with Gasteiger partial charge in [0.05, 0.1) is 29.1 Å². The second-order valence-electron chi connectivity index (χ2n) is 5.76. The fourth-order valence-electron chi connectivity index (χ4n) is 2.51. The molecule has 7 nitrogen and oxygen atoms in total. The van der Waals surface area contributed by atoms with Crippen molar-refractivity contribution in [2.75, 3.05) is 6.54 Å². The van der Waals surface area contributed by atoms with Crippen LogP contribution in [0.15, 0.2) is 57.9 Å². The van der Waals surface area contributed by atoms with E-state index >= 15 is 0 Å². The van der Waals surface area contributed by atoms with Gasteiger partial charge in [-0.05, 0) is 42.8 Å². The van der Waals surface area contributed by atoms with E-state index in [1.54, 1.807) is 41.2 Å². The average Bonchev–Trinajstić information content (AvgIpc) is 3.10. The van der Waals surface area contributed by atoms with Crippen LogP contribution in [0.1, 0.15) is 28.4 Å². The largest absolute Gasteiger partial charge is 0.507 e. The van der Waals surface area contributed by atoms with E-state index in [0.717, 1.165) is 5.56 Å². The lowest BCUT2D eigenvalue weighted by molar-refractivity contribution is 0.0998. The smallest absolute Gasteiger partial charge is 0.252 e. The molecule has 1 aromatic heterocycles. The molecule has 3 aromatic rings. The van der Waals surface area contributed by atoms with Gasteiger partial charge in [-0.15, -0.1) is 11.3 Å². The molecule has 0 atom stereocenters. The van der Waals surface area contributed by atoms with Gasteiger partial charge in [0.25, 0.3) is 5.91 Å². The number of nitrogens with two attached hydrogens (primary N) is 1. The van der Waals surface area contributed by atoms with Crippen molar-refractivity contribution in [3.05, 3.63) is 69.3 Å². The van der Waals surface area contributed by atoms with Crippen molar-refractivity contribution >= 4 is 23.5 Å². The van der Waals surface area contributed by atoms with Crippen molar-refractivity contribution in [2.24, 2.45) is 15.8 Å². The average molecular weight is 391 g/mol. The summed E-state index contributed by atoms with van der Waals surface area (Å²) >= 11 is 1.42. The van der Waals surface area contributed by atoms with Gasteiger partial charge in [-0.25, -0.2) is 4.68 Å². The van der Waals surface area contributed by atoms with Crippen molar-refractivity contribution in [2.45, 2.75) is 6.92 Å². The summed E-state index contributed by atoms with van der Waals surface area (Å²) in [6, 6.07) is 13.8. The number of carbonyl (C=O) groups excluding carboxylic acids is 1. The summed E-state index contributed by atoms with van der Waals surface area (Å²) in [7, 11) is 0. The molecule has 140 valence electrons. The van der Waals surface area contributed by atoms with Crippen LogP contribution >= 0.6 is 11.3 Å². The highest BCUT2D eigenvalue weighted by molar-refractivity contribution is 7.07. The number of benzene rings is 2. The molecule has 0 saturated carbocycles. The zero-order valence-corrected chi connectivity index (χ0v) is 15.8. The topological polar surface area (TPSA) is 117 Å². The minimum absolute atomic E-state index is 0.0419. The molecule has 0 saturated heterocycles. The summed E-state index contributed by atoms with van der Waals surface area (Å²) in [4.78, 5) is 16.7. The highest BCUT2D eigenvalue weighted by Crippen LogP contribution is 2.26. The van der Waals surface area contributed by atoms with Crippen molar-refractivity contribution in [3.8, 4) is 23.1 Å². The van der Waals surface area contributed by atoms with Crippen molar-refractivity contribution in [1.29, 1.82) is 5.26 Å². The molecule has 0 radical (unpaired) electrons. The van der Waals surface area contributed by atoms with Gasteiger partial charge < -0.3 is 10.8 Å². The molecule has 0 spiro atoms. The lowest BCUT2D eigenvalue weighted by Gasteiger charge is -2.06. The molecule has 0 aliphatic heterocycles. The number of thiazole rings is 1. The third kappa shape index (κ3) is 4.00. The van der Waals surface area contributed by atoms with Gasteiger partial charge >= 0.3 is 0 Å². The number of carbonyl (C=O) groups is 1. The molecule has 0 unspecified atom stereocenters. The number of nitriles is 1. The Morgan fingerprint density at radius 2 is 2.07 bits per heavy atom. The summed E-state index contributed by atoms with van der Waals surface area (Å²) in [5.74, 6) is -0.877. The summed E-state index contributed by atoms with van der Waals surface area (Å²) in [6.07, 6.45) is 1.67. The normalized spacial score (nSPS) is 11.6. The quantitative estimate of drug-likeness (QED) is 0.651.